The maximum atomic E-state index is 13.1. The molecular weight excluding hydrogens is 1250 g/mol. The summed E-state index contributed by atoms with van der Waals surface area (Å²) in [5.41, 5.74) is 0. The van der Waals surface area contributed by atoms with E-state index in [9.17, 15) is 43.2 Å². The molecule has 0 aliphatic rings. The predicted molar refractivity (Wildman–Crippen MR) is 386 cm³/mol. The average molecular weight is 1400 g/mol. The largest absolute Gasteiger partial charge is 0.472 e. The topological polar surface area (TPSA) is 237 Å². The number of phosphoric ester groups is 2. The lowest BCUT2D eigenvalue weighted by Crippen LogP contribution is -2.30. The van der Waals surface area contributed by atoms with Crippen molar-refractivity contribution in [2.24, 2.45) is 23.7 Å². The zero-order valence-corrected chi connectivity index (χ0v) is 64.1. The highest BCUT2D eigenvalue weighted by atomic mass is 31.2. The van der Waals surface area contributed by atoms with Crippen molar-refractivity contribution in [3.63, 3.8) is 0 Å². The monoisotopic (exact) mass is 1400 g/mol. The van der Waals surface area contributed by atoms with Gasteiger partial charge in [0.05, 0.1) is 26.4 Å². The van der Waals surface area contributed by atoms with Crippen LogP contribution in [0.15, 0.2) is 0 Å². The van der Waals surface area contributed by atoms with Crippen LogP contribution in [0.4, 0.5) is 0 Å². The number of hydrogen-bond donors (Lipinski definition) is 3. The number of hydrogen-bond acceptors (Lipinski definition) is 15. The van der Waals surface area contributed by atoms with Gasteiger partial charge in [-0.1, -0.05) is 331 Å². The van der Waals surface area contributed by atoms with E-state index in [4.69, 9.17) is 37.0 Å². The minimum Gasteiger partial charge on any atom is -0.462 e. The summed E-state index contributed by atoms with van der Waals surface area (Å²) in [4.78, 5) is 72.9. The summed E-state index contributed by atoms with van der Waals surface area (Å²) in [6, 6.07) is 0. The smallest absolute Gasteiger partial charge is 0.462 e. The molecule has 0 radical (unpaired) electrons. The highest BCUT2D eigenvalue weighted by Gasteiger charge is 2.30. The van der Waals surface area contributed by atoms with Gasteiger partial charge in [0.25, 0.3) is 0 Å². The molecule has 17 nitrogen and oxygen atoms in total. The Morgan fingerprint density at radius 2 is 0.442 bits per heavy atom. The molecule has 0 amide bonds. The van der Waals surface area contributed by atoms with Crippen LogP contribution in [0, 0.1) is 23.7 Å². The van der Waals surface area contributed by atoms with Gasteiger partial charge in [-0.3, -0.25) is 37.3 Å². The summed E-state index contributed by atoms with van der Waals surface area (Å²) in [7, 11) is -9.91. The van der Waals surface area contributed by atoms with Gasteiger partial charge in [0.1, 0.15) is 19.3 Å². The fraction of sp³-hybridized carbons (Fsp3) is 0.947. The lowest BCUT2D eigenvalue weighted by atomic mass is 10.0. The van der Waals surface area contributed by atoms with Crippen molar-refractivity contribution in [2.45, 2.75) is 401 Å². The molecule has 0 aromatic carbocycles. The minimum atomic E-state index is -4.96. The van der Waals surface area contributed by atoms with Crippen LogP contribution in [0.2, 0.25) is 0 Å². The molecule has 564 valence electrons. The summed E-state index contributed by atoms with van der Waals surface area (Å²) >= 11 is 0. The first-order valence-corrected chi connectivity index (χ1v) is 42.2. The summed E-state index contributed by atoms with van der Waals surface area (Å²) in [5.74, 6) is 0.934. The Morgan fingerprint density at radius 3 is 0.653 bits per heavy atom. The lowest BCUT2D eigenvalue weighted by molar-refractivity contribution is -0.161. The Morgan fingerprint density at radius 1 is 0.263 bits per heavy atom. The second-order valence-corrected chi connectivity index (χ2v) is 32.2. The summed E-state index contributed by atoms with van der Waals surface area (Å²) in [6.07, 6.45) is 49.9. The van der Waals surface area contributed by atoms with Crippen LogP contribution < -0.4 is 0 Å². The molecule has 5 atom stereocenters. The van der Waals surface area contributed by atoms with E-state index in [0.717, 1.165) is 114 Å². The fourth-order valence-corrected chi connectivity index (χ4v) is 13.1. The van der Waals surface area contributed by atoms with Crippen molar-refractivity contribution < 1.29 is 80.2 Å². The van der Waals surface area contributed by atoms with Gasteiger partial charge in [-0.25, -0.2) is 9.13 Å². The summed E-state index contributed by atoms with van der Waals surface area (Å²) < 4.78 is 68.6. The molecule has 95 heavy (non-hydrogen) atoms. The Bertz CT molecular complexity index is 1870. The van der Waals surface area contributed by atoms with Gasteiger partial charge in [-0.15, -0.1) is 0 Å². The van der Waals surface area contributed by atoms with Crippen LogP contribution in [0.3, 0.4) is 0 Å². The number of esters is 4. The Balaban J connectivity index is 5.27. The zero-order chi connectivity index (χ0) is 70.3. The Hall–Kier alpha value is -1.94. The third-order valence-corrected chi connectivity index (χ3v) is 19.5. The second kappa shape index (κ2) is 65.4. The van der Waals surface area contributed by atoms with Crippen LogP contribution in [0.5, 0.6) is 0 Å². The van der Waals surface area contributed by atoms with Gasteiger partial charge in [0, 0.05) is 25.7 Å². The van der Waals surface area contributed by atoms with Crippen molar-refractivity contribution in [3.8, 4) is 0 Å². The molecule has 0 rings (SSSR count). The quantitative estimate of drug-likeness (QED) is 0.0222. The van der Waals surface area contributed by atoms with E-state index in [1.54, 1.807) is 0 Å². The highest BCUT2D eigenvalue weighted by Crippen LogP contribution is 2.45. The maximum Gasteiger partial charge on any atom is 0.472 e. The molecule has 0 bridgehead atoms. The van der Waals surface area contributed by atoms with Crippen LogP contribution in [0.1, 0.15) is 383 Å². The molecule has 0 spiro atoms. The Kier molecular flexibility index (Phi) is 64.0. The van der Waals surface area contributed by atoms with E-state index >= 15 is 0 Å². The molecule has 0 saturated carbocycles. The standard InChI is InChI=1S/C76H148O17P2/c1-66(2)52-44-36-28-20-13-9-11-15-24-32-40-48-56-73(78)86-62-71(92-75(80)58-50-42-34-25-16-12-10-14-21-29-37-45-53-67(3)4)64-90-94(82,83)88-60-70(77)61-89-95(84,85)91-65-72(63-87-74(79)57-49-41-33-27-19-23-31-39-47-55-69(7)8)93-76(81)59-51-43-35-26-18-17-22-30-38-46-54-68(5)6/h66-72,77H,9-65H2,1-8H3,(H,82,83)(H,84,85)/t70-,71-,72-/m1/s1. The van der Waals surface area contributed by atoms with E-state index in [1.165, 1.54) is 186 Å². The molecule has 0 aliphatic heterocycles. The second-order valence-electron chi connectivity index (χ2n) is 29.3. The number of unbranched alkanes of at least 4 members (excludes halogenated alkanes) is 39. The summed E-state index contributed by atoms with van der Waals surface area (Å²) in [5, 5.41) is 10.6. The molecule has 2 unspecified atom stereocenters. The number of ether oxygens (including phenoxy) is 4. The number of carbonyl (C=O) groups is 4. The van der Waals surface area contributed by atoms with Crippen molar-refractivity contribution in [1.82, 2.24) is 0 Å². The summed E-state index contributed by atoms with van der Waals surface area (Å²) in [6.45, 7) is 14.2. The predicted octanol–water partition coefficient (Wildman–Crippen LogP) is 22.0. The van der Waals surface area contributed by atoms with Gasteiger partial charge in [0.15, 0.2) is 12.2 Å². The van der Waals surface area contributed by atoms with Crippen LogP contribution in [-0.2, 0) is 65.4 Å². The molecule has 19 heteroatoms. The average Bonchev–Trinajstić information content (AvgIpc) is 1.74. The molecular formula is C76H148O17P2. The molecule has 0 fully saturated rings. The fourth-order valence-electron chi connectivity index (χ4n) is 11.6. The lowest BCUT2D eigenvalue weighted by Gasteiger charge is -2.21. The van der Waals surface area contributed by atoms with Crippen LogP contribution in [-0.4, -0.2) is 96.7 Å². The van der Waals surface area contributed by atoms with Crippen LogP contribution >= 0.6 is 15.6 Å². The van der Waals surface area contributed by atoms with Crippen LogP contribution in [0.25, 0.3) is 0 Å². The van der Waals surface area contributed by atoms with E-state index in [2.05, 4.69) is 55.4 Å². The molecule has 0 heterocycles. The van der Waals surface area contributed by atoms with Crippen molar-refractivity contribution >= 4 is 39.5 Å². The molecule has 0 aromatic heterocycles. The molecule has 0 aromatic rings. The number of carbonyl (C=O) groups excluding carboxylic acids is 4. The number of rotatable bonds is 73. The van der Waals surface area contributed by atoms with Crippen molar-refractivity contribution in [2.75, 3.05) is 39.6 Å². The van der Waals surface area contributed by atoms with E-state index < -0.39 is 97.5 Å². The molecule has 0 saturated heterocycles. The maximum absolute atomic E-state index is 13.1. The first kappa shape index (κ1) is 93.1. The minimum absolute atomic E-state index is 0.105. The Labute approximate surface area is 581 Å². The first-order chi connectivity index (χ1) is 45.6. The molecule has 0 aliphatic carbocycles. The van der Waals surface area contributed by atoms with Gasteiger partial charge < -0.3 is 33.8 Å². The number of aliphatic hydroxyl groups is 1. The normalized spacial score (nSPS) is 14.1. The third kappa shape index (κ3) is 70.3. The number of phosphoric acid groups is 2. The SMILES string of the molecule is CC(C)CCCCCCCCCCCCCCC(=O)OC[C@H](COP(=O)(O)OC[C@@H](O)COP(=O)(O)OC[C@@H](COC(=O)CCCCCCCCCCCC(C)C)OC(=O)CCCCCCCCCCCCC(C)C)OC(=O)CCCCCCCCCCCCCCC(C)C. The van der Waals surface area contributed by atoms with E-state index in [1.807, 2.05) is 0 Å². The van der Waals surface area contributed by atoms with E-state index in [-0.39, 0.29) is 25.7 Å². The van der Waals surface area contributed by atoms with E-state index in [0.29, 0.717) is 25.7 Å². The van der Waals surface area contributed by atoms with Gasteiger partial charge >= 0.3 is 39.5 Å². The van der Waals surface area contributed by atoms with Gasteiger partial charge in [-0.2, -0.15) is 0 Å². The van der Waals surface area contributed by atoms with Crippen molar-refractivity contribution in [3.05, 3.63) is 0 Å². The van der Waals surface area contributed by atoms with Crippen molar-refractivity contribution in [1.29, 1.82) is 0 Å². The molecule has 3 N–H and O–H groups in total. The third-order valence-electron chi connectivity index (χ3n) is 17.6. The zero-order valence-electron chi connectivity index (χ0n) is 62.3. The first-order valence-electron chi connectivity index (χ1n) is 39.2. The van der Waals surface area contributed by atoms with Gasteiger partial charge in [-0.05, 0) is 49.4 Å². The van der Waals surface area contributed by atoms with Gasteiger partial charge in [0.2, 0.25) is 0 Å². The highest BCUT2D eigenvalue weighted by molar-refractivity contribution is 7.47. The number of aliphatic hydroxyl groups excluding tert-OH is 1.